The maximum Gasteiger partial charge on any atom is 0.306 e. The molecule has 2 heteroatoms. The van der Waals surface area contributed by atoms with Crippen LogP contribution in [0.4, 0.5) is 0 Å². The van der Waals surface area contributed by atoms with Crippen molar-refractivity contribution in [2.75, 3.05) is 6.61 Å². The normalized spacial score (nSPS) is 27.1. The van der Waals surface area contributed by atoms with Crippen LogP contribution in [0.2, 0.25) is 0 Å². The van der Waals surface area contributed by atoms with Crippen molar-refractivity contribution in [3.05, 3.63) is 35.9 Å². The van der Waals surface area contributed by atoms with E-state index in [9.17, 15) is 4.79 Å². The summed E-state index contributed by atoms with van der Waals surface area (Å²) >= 11 is 0. The molecule has 1 heterocycles. The quantitative estimate of drug-likeness (QED) is 0.635. The first-order chi connectivity index (χ1) is 6.77. The average Bonchev–Trinajstić information content (AvgIpc) is 2.19. The number of ether oxygens (including phenoxy) is 1. The van der Waals surface area contributed by atoms with Crippen LogP contribution in [0.25, 0.3) is 0 Å². The Balaban J connectivity index is 2.16. The molecule has 0 aromatic heterocycles. The SMILES string of the molecule is CC1CC(=O)OCC1c1ccccc1. The maximum absolute atomic E-state index is 11.0. The van der Waals surface area contributed by atoms with Gasteiger partial charge in [0.05, 0.1) is 6.61 Å². The predicted molar refractivity (Wildman–Crippen MR) is 53.9 cm³/mol. The fourth-order valence-corrected chi connectivity index (χ4v) is 1.94. The van der Waals surface area contributed by atoms with Crippen LogP contribution in [0.5, 0.6) is 0 Å². The first kappa shape index (κ1) is 9.25. The van der Waals surface area contributed by atoms with E-state index in [4.69, 9.17) is 4.74 Å². The van der Waals surface area contributed by atoms with E-state index in [-0.39, 0.29) is 5.97 Å². The zero-order valence-electron chi connectivity index (χ0n) is 8.27. The molecule has 0 saturated carbocycles. The molecule has 1 aromatic carbocycles. The van der Waals surface area contributed by atoms with Gasteiger partial charge in [-0.2, -0.15) is 0 Å². The summed E-state index contributed by atoms with van der Waals surface area (Å²) in [7, 11) is 0. The Morgan fingerprint density at radius 3 is 2.64 bits per heavy atom. The van der Waals surface area contributed by atoms with Gasteiger partial charge in [-0.25, -0.2) is 0 Å². The molecule has 0 amide bonds. The molecule has 0 aliphatic carbocycles. The van der Waals surface area contributed by atoms with Crippen LogP contribution >= 0.6 is 0 Å². The number of hydrogen-bond acceptors (Lipinski definition) is 2. The lowest BCUT2D eigenvalue weighted by Gasteiger charge is -2.28. The highest BCUT2D eigenvalue weighted by Crippen LogP contribution is 2.30. The van der Waals surface area contributed by atoms with Crippen LogP contribution in [-0.4, -0.2) is 12.6 Å². The van der Waals surface area contributed by atoms with E-state index < -0.39 is 0 Å². The van der Waals surface area contributed by atoms with Crippen LogP contribution < -0.4 is 0 Å². The molecule has 0 N–H and O–H groups in total. The zero-order chi connectivity index (χ0) is 9.97. The molecule has 2 atom stereocenters. The molecule has 14 heavy (non-hydrogen) atoms. The lowest BCUT2D eigenvalue weighted by Crippen LogP contribution is -2.27. The second-order valence-electron chi connectivity index (χ2n) is 3.88. The number of rotatable bonds is 1. The Morgan fingerprint density at radius 1 is 1.29 bits per heavy atom. The van der Waals surface area contributed by atoms with Gasteiger partial charge in [-0.05, 0) is 11.5 Å². The molecule has 1 aromatic rings. The molecule has 1 saturated heterocycles. The highest BCUT2D eigenvalue weighted by molar-refractivity contribution is 5.70. The highest BCUT2D eigenvalue weighted by Gasteiger charge is 2.28. The van der Waals surface area contributed by atoms with Gasteiger partial charge in [0.2, 0.25) is 0 Å². The van der Waals surface area contributed by atoms with Crippen molar-refractivity contribution < 1.29 is 9.53 Å². The van der Waals surface area contributed by atoms with Crippen LogP contribution in [0, 0.1) is 5.92 Å². The van der Waals surface area contributed by atoms with Crippen molar-refractivity contribution in [3.8, 4) is 0 Å². The van der Waals surface area contributed by atoms with Crippen molar-refractivity contribution >= 4 is 5.97 Å². The van der Waals surface area contributed by atoms with E-state index in [2.05, 4.69) is 19.1 Å². The van der Waals surface area contributed by atoms with Crippen molar-refractivity contribution in [1.29, 1.82) is 0 Å². The molecule has 1 aliphatic heterocycles. The topological polar surface area (TPSA) is 26.3 Å². The maximum atomic E-state index is 11.0. The summed E-state index contributed by atoms with van der Waals surface area (Å²) in [6.45, 7) is 2.64. The summed E-state index contributed by atoms with van der Waals surface area (Å²) in [6.07, 6.45) is 0.541. The summed E-state index contributed by atoms with van der Waals surface area (Å²) < 4.78 is 5.08. The Kier molecular flexibility index (Phi) is 2.53. The lowest BCUT2D eigenvalue weighted by atomic mass is 9.84. The number of cyclic esters (lactones) is 1. The summed E-state index contributed by atoms with van der Waals surface area (Å²) in [6, 6.07) is 10.3. The van der Waals surface area contributed by atoms with Gasteiger partial charge >= 0.3 is 5.97 Å². The second-order valence-corrected chi connectivity index (χ2v) is 3.88. The highest BCUT2D eigenvalue weighted by atomic mass is 16.5. The first-order valence-corrected chi connectivity index (χ1v) is 4.98. The monoisotopic (exact) mass is 190 g/mol. The van der Waals surface area contributed by atoms with Gasteiger partial charge in [0.1, 0.15) is 0 Å². The van der Waals surface area contributed by atoms with Gasteiger partial charge < -0.3 is 4.74 Å². The fourth-order valence-electron chi connectivity index (χ4n) is 1.94. The Hall–Kier alpha value is -1.31. The number of esters is 1. The Labute approximate surface area is 83.9 Å². The molecule has 1 fully saturated rings. The van der Waals surface area contributed by atoms with Gasteiger partial charge in [-0.15, -0.1) is 0 Å². The second kappa shape index (κ2) is 3.82. The molecule has 0 bridgehead atoms. The summed E-state index contributed by atoms with van der Waals surface area (Å²) in [5.74, 6) is 0.692. The van der Waals surface area contributed by atoms with Crippen LogP contribution in [0.3, 0.4) is 0 Å². The first-order valence-electron chi connectivity index (χ1n) is 4.98. The predicted octanol–water partition coefficient (Wildman–Crippen LogP) is 2.35. The summed E-state index contributed by atoms with van der Waals surface area (Å²) in [5.41, 5.74) is 1.27. The standard InChI is InChI=1S/C12H14O2/c1-9-7-12(13)14-8-11(9)10-5-3-2-4-6-10/h2-6,9,11H,7-8H2,1H3. The lowest BCUT2D eigenvalue weighted by molar-refractivity contribution is -0.150. The number of carbonyl (C=O) groups excluding carboxylic acids is 1. The third-order valence-electron chi connectivity index (χ3n) is 2.83. The molecule has 0 radical (unpaired) electrons. The van der Waals surface area contributed by atoms with E-state index in [0.717, 1.165) is 0 Å². The third kappa shape index (κ3) is 1.79. The van der Waals surface area contributed by atoms with Crippen molar-refractivity contribution in [2.45, 2.75) is 19.3 Å². The van der Waals surface area contributed by atoms with Crippen LogP contribution in [0.15, 0.2) is 30.3 Å². The van der Waals surface area contributed by atoms with Crippen LogP contribution in [-0.2, 0) is 9.53 Å². The van der Waals surface area contributed by atoms with Crippen molar-refractivity contribution in [1.82, 2.24) is 0 Å². The minimum absolute atomic E-state index is 0.0651. The Bertz CT molecular complexity index is 318. The zero-order valence-corrected chi connectivity index (χ0v) is 8.27. The van der Waals surface area contributed by atoms with Gasteiger partial charge in [0.15, 0.2) is 0 Å². The molecule has 1 aliphatic rings. The Morgan fingerprint density at radius 2 is 2.00 bits per heavy atom. The molecular weight excluding hydrogens is 176 g/mol. The van der Waals surface area contributed by atoms with Crippen molar-refractivity contribution in [2.24, 2.45) is 5.92 Å². The number of benzene rings is 1. The van der Waals surface area contributed by atoms with E-state index in [1.165, 1.54) is 5.56 Å². The molecule has 2 nitrogen and oxygen atoms in total. The van der Waals surface area contributed by atoms with Gasteiger partial charge in [0.25, 0.3) is 0 Å². The molecule has 2 rings (SSSR count). The van der Waals surface area contributed by atoms with Gasteiger partial charge in [0, 0.05) is 12.3 Å². The van der Waals surface area contributed by atoms with Crippen molar-refractivity contribution in [3.63, 3.8) is 0 Å². The van der Waals surface area contributed by atoms with E-state index >= 15 is 0 Å². The van der Waals surface area contributed by atoms with Gasteiger partial charge in [-0.3, -0.25) is 4.79 Å². The van der Waals surface area contributed by atoms with E-state index in [1.807, 2.05) is 18.2 Å². The minimum atomic E-state index is -0.0651. The number of carbonyl (C=O) groups is 1. The summed E-state index contributed by atoms with van der Waals surface area (Å²) in [5, 5.41) is 0. The van der Waals surface area contributed by atoms with E-state index in [1.54, 1.807) is 0 Å². The van der Waals surface area contributed by atoms with Crippen LogP contribution in [0.1, 0.15) is 24.8 Å². The molecule has 74 valence electrons. The van der Waals surface area contributed by atoms with E-state index in [0.29, 0.717) is 24.9 Å². The molecule has 2 unspecified atom stereocenters. The summed E-state index contributed by atoms with van der Waals surface area (Å²) in [4.78, 5) is 11.0. The smallest absolute Gasteiger partial charge is 0.306 e. The molecule has 0 spiro atoms. The minimum Gasteiger partial charge on any atom is -0.465 e. The largest absolute Gasteiger partial charge is 0.465 e. The fraction of sp³-hybridized carbons (Fsp3) is 0.417. The average molecular weight is 190 g/mol. The number of hydrogen-bond donors (Lipinski definition) is 0. The van der Waals surface area contributed by atoms with Gasteiger partial charge in [-0.1, -0.05) is 37.3 Å². The molecular formula is C12H14O2. The third-order valence-corrected chi connectivity index (χ3v) is 2.83.